The lowest BCUT2D eigenvalue weighted by molar-refractivity contribution is 0.624. The second-order valence-electron chi connectivity index (χ2n) is 3.35. The fourth-order valence-corrected chi connectivity index (χ4v) is 3.02. The highest BCUT2D eigenvalue weighted by molar-refractivity contribution is 14.1. The summed E-state index contributed by atoms with van der Waals surface area (Å²) in [5.41, 5.74) is 0.845. The molecule has 0 saturated heterocycles. The fourth-order valence-electron chi connectivity index (χ4n) is 1.50. The van der Waals surface area contributed by atoms with Crippen molar-refractivity contribution in [1.82, 2.24) is 0 Å². The summed E-state index contributed by atoms with van der Waals surface area (Å²) in [6.45, 7) is 0. The van der Waals surface area contributed by atoms with Gasteiger partial charge in [0.2, 0.25) is 0 Å². The van der Waals surface area contributed by atoms with E-state index in [1.807, 2.05) is 22.6 Å². The molecule has 17 heavy (non-hydrogen) atoms. The highest BCUT2D eigenvalue weighted by atomic mass is 127. The summed E-state index contributed by atoms with van der Waals surface area (Å²) >= 11 is 19.8. The highest BCUT2D eigenvalue weighted by Gasteiger charge is 2.15. The van der Waals surface area contributed by atoms with Crippen LogP contribution in [0.5, 0.6) is 0 Å². The Labute approximate surface area is 127 Å². The van der Waals surface area contributed by atoms with Gasteiger partial charge in [0, 0.05) is 19.7 Å². The van der Waals surface area contributed by atoms with Crippen molar-refractivity contribution in [2.24, 2.45) is 0 Å². The van der Waals surface area contributed by atoms with E-state index in [1.54, 1.807) is 30.3 Å². The lowest BCUT2D eigenvalue weighted by Crippen LogP contribution is -1.90. The second kappa shape index (κ2) is 5.31. The maximum absolute atomic E-state index is 14.0. The minimum atomic E-state index is -0.334. The van der Waals surface area contributed by atoms with Crippen LogP contribution < -0.4 is 0 Å². The van der Waals surface area contributed by atoms with Crippen LogP contribution in [0.2, 0.25) is 15.1 Å². The minimum Gasteiger partial charge on any atom is -0.205 e. The van der Waals surface area contributed by atoms with Gasteiger partial charge in [0.15, 0.2) is 0 Å². The van der Waals surface area contributed by atoms with Crippen LogP contribution in [0, 0.1) is 9.39 Å². The van der Waals surface area contributed by atoms with Crippen molar-refractivity contribution in [2.45, 2.75) is 0 Å². The van der Waals surface area contributed by atoms with Gasteiger partial charge < -0.3 is 0 Å². The zero-order valence-electron chi connectivity index (χ0n) is 8.28. The maximum Gasteiger partial charge on any atom is 0.144 e. The van der Waals surface area contributed by atoms with E-state index < -0.39 is 0 Å². The van der Waals surface area contributed by atoms with Gasteiger partial charge >= 0.3 is 0 Å². The largest absolute Gasteiger partial charge is 0.205 e. The molecule has 0 saturated carbocycles. The van der Waals surface area contributed by atoms with Crippen molar-refractivity contribution in [2.75, 3.05) is 0 Å². The van der Waals surface area contributed by atoms with E-state index in [-0.39, 0.29) is 5.82 Å². The van der Waals surface area contributed by atoms with E-state index >= 15 is 0 Å². The van der Waals surface area contributed by atoms with Gasteiger partial charge in [0.25, 0.3) is 0 Å². The summed E-state index contributed by atoms with van der Waals surface area (Å²) in [6.07, 6.45) is 0. The van der Waals surface area contributed by atoms with E-state index in [4.69, 9.17) is 34.8 Å². The first-order chi connectivity index (χ1) is 8.00. The third-order valence-corrected chi connectivity index (χ3v) is 3.88. The predicted octanol–water partition coefficient (Wildman–Crippen LogP) is 6.06. The van der Waals surface area contributed by atoms with E-state index in [0.29, 0.717) is 29.8 Å². The van der Waals surface area contributed by atoms with Crippen molar-refractivity contribution < 1.29 is 4.39 Å². The Hall–Kier alpha value is -0.0300. The van der Waals surface area contributed by atoms with Crippen LogP contribution in [0.25, 0.3) is 11.1 Å². The smallest absolute Gasteiger partial charge is 0.144 e. The van der Waals surface area contributed by atoms with E-state index in [1.165, 1.54) is 0 Å². The lowest BCUT2D eigenvalue weighted by atomic mass is 10.1. The van der Waals surface area contributed by atoms with Crippen molar-refractivity contribution in [3.8, 4) is 11.1 Å². The quantitative estimate of drug-likeness (QED) is 0.510. The Morgan fingerprint density at radius 2 is 1.59 bits per heavy atom. The topological polar surface area (TPSA) is 0 Å². The molecule has 0 aromatic heterocycles. The van der Waals surface area contributed by atoms with Crippen molar-refractivity contribution in [1.29, 1.82) is 0 Å². The Balaban J connectivity index is 2.73. The molecule has 0 unspecified atom stereocenters. The molecule has 2 aromatic carbocycles. The van der Waals surface area contributed by atoms with Crippen LogP contribution >= 0.6 is 57.4 Å². The zero-order valence-corrected chi connectivity index (χ0v) is 12.7. The van der Waals surface area contributed by atoms with Gasteiger partial charge in [-0.25, -0.2) is 4.39 Å². The average molecular weight is 401 g/mol. The predicted molar refractivity (Wildman–Crippen MR) is 79.6 cm³/mol. The van der Waals surface area contributed by atoms with Crippen molar-refractivity contribution in [3.63, 3.8) is 0 Å². The van der Waals surface area contributed by atoms with Crippen LogP contribution in [0.4, 0.5) is 4.39 Å². The summed E-state index contributed by atoms with van der Waals surface area (Å²) in [6, 6.07) is 8.16. The molecule has 5 heteroatoms. The Bertz CT molecular complexity index is 561. The van der Waals surface area contributed by atoms with E-state index in [0.717, 1.165) is 0 Å². The number of halogens is 5. The molecule has 0 nitrogen and oxygen atoms in total. The molecule has 2 aromatic rings. The highest BCUT2D eigenvalue weighted by Crippen LogP contribution is 2.39. The standard InChI is InChI=1S/C12H5Cl3FI/c13-6-4-8(14)11(9(15)5-6)7-2-1-3-10(17)12(7)16/h1-5H. The zero-order chi connectivity index (χ0) is 12.6. The normalized spacial score (nSPS) is 10.6. The Morgan fingerprint density at radius 1 is 1.00 bits per heavy atom. The molecule has 2 rings (SSSR count). The number of hydrogen-bond acceptors (Lipinski definition) is 0. The molecule has 0 spiro atoms. The van der Waals surface area contributed by atoms with Crippen LogP contribution in [-0.2, 0) is 0 Å². The number of hydrogen-bond donors (Lipinski definition) is 0. The molecule has 0 bridgehead atoms. The molecule has 88 valence electrons. The molecule has 0 atom stereocenters. The molecule has 0 fully saturated rings. The first-order valence-electron chi connectivity index (χ1n) is 4.59. The van der Waals surface area contributed by atoms with E-state index in [2.05, 4.69) is 0 Å². The molecule has 0 aliphatic rings. The van der Waals surface area contributed by atoms with Gasteiger partial charge in [-0.1, -0.05) is 46.9 Å². The van der Waals surface area contributed by atoms with Crippen LogP contribution in [0.15, 0.2) is 30.3 Å². The monoisotopic (exact) mass is 400 g/mol. The van der Waals surface area contributed by atoms with Crippen LogP contribution in [0.3, 0.4) is 0 Å². The number of rotatable bonds is 1. The molecule has 0 aliphatic carbocycles. The van der Waals surface area contributed by atoms with Gasteiger partial charge in [-0.05, 0) is 40.8 Å². The fraction of sp³-hybridized carbons (Fsp3) is 0. The minimum absolute atomic E-state index is 0.334. The first kappa shape index (κ1) is 13.4. The summed E-state index contributed by atoms with van der Waals surface area (Å²) in [4.78, 5) is 0. The maximum atomic E-state index is 14.0. The first-order valence-corrected chi connectivity index (χ1v) is 6.81. The average Bonchev–Trinajstić information content (AvgIpc) is 2.23. The SMILES string of the molecule is Fc1c(I)cccc1-c1c(Cl)cc(Cl)cc1Cl. The molecule has 0 radical (unpaired) electrons. The summed E-state index contributed by atoms with van der Waals surface area (Å²) < 4.78 is 14.5. The Morgan fingerprint density at radius 3 is 2.18 bits per heavy atom. The van der Waals surface area contributed by atoms with Gasteiger partial charge in [0.1, 0.15) is 5.82 Å². The lowest BCUT2D eigenvalue weighted by Gasteiger charge is -2.09. The molecule has 0 amide bonds. The van der Waals surface area contributed by atoms with Gasteiger partial charge in [-0.15, -0.1) is 0 Å². The summed E-state index contributed by atoms with van der Waals surface area (Å²) in [5, 5.41) is 1.10. The summed E-state index contributed by atoms with van der Waals surface area (Å²) in [7, 11) is 0. The molecule has 0 heterocycles. The second-order valence-corrected chi connectivity index (χ2v) is 5.76. The van der Waals surface area contributed by atoms with E-state index in [9.17, 15) is 4.39 Å². The van der Waals surface area contributed by atoms with Crippen molar-refractivity contribution in [3.05, 3.63) is 54.8 Å². The third-order valence-electron chi connectivity index (χ3n) is 2.23. The molecule has 0 aliphatic heterocycles. The molecule has 0 N–H and O–H groups in total. The van der Waals surface area contributed by atoms with Gasteiger partial charge in [-0.3, -0.25) is 0 Å². The van der Waals surface area contributed by atoms with Crippen LogP contribution in [0.1, 0.15) is 0 Å². The molecular formula is C12H5Cl3FI. The van der Waals surface area contributed by atoms with Gasteiger partial charge in [-0.2, -0.15) is 0 Å². The van der Waals surface area contributed by atoms with Crippen molar-refractivity contribution >= 4 is 57.4 Å². The summed E-state index contributed by atoms with van der Waals surface area (Å²) in [5.74, 6) is -0.334. The Kier molecular flexibility index (Phi) is 4.18. The van der Waals surface area contributed by atoms with Gasteiger partial charge in [0.05, 0.1) is 10.0 Å². The molecular weight excluding hydrogens is 396 g/mol. The number of benzene rings is 2. The van der Waals surface area contributed by atoms with Crippen LogP contribution in [-0.4, -0.2) is 0 Å². The third kappa shape index (κ3) is 2.70.